The fourth-order valence-corrected chi connectivity index (χ4v) is 2.48. The maximum absolute atomic E-state index is 13.7. The highest BCUT2D eigenvalue weighted by molar-refractivity contribution is 5.91. The molecule has 0 heterocycles. The maximum atomic E-state index is 13.7. The number of amides is 1. The van der Waals surface area contributed by atoms with E-state index in [-0.39, 0.29) is 17.9 Å². The van der Waals surface area contributed by atoms with Crippen LogP contribution >= 0.6 is 0 Å². The molecule has 1 aromatic carbocycles. The molecule has 0 aliphatic heterocycles. The molecule has 20 heavy (non-hydrogen) atoms. The number of benzene rings is 1. The maximum Gasteiger partial charge on any atom is 0.227 e. The van der Waals surface area contributed by atoms with Crippen LogP contribution in [0.2, 0.25) is 0 Å². The van der Waals surface area contributed by atoms with Crippen molar-refractivity contribution in [2.24, 2.45) is 0 Å². The lowest BCUT2D eigenvalue weighted by atomic mass is 9.97. The second kappa shape index (κ2) is 5.75. The van der Waals surface area contributed by atoms with Gasteiger partial charge in [0, 0.05) is 12.1 Å². The normalized spacial score (nSPS) is 17.0. The Morgan fingerprint density at radius 3 is 2.60 bits per heavy atom. The zero-order valence-corrected chi connectivity index (χ0v) is 11.2. The van der Waals surface area contributed by atoms with Gasteiger partial charge in [-0.2, -0.15) is 0 Å². The number of methoxy groups -OCH3 is 1. The Bertz CT molecular complexity index is 513. The zero-order valence-electron chi connectivity index (χ0n) is 11.2. The minimum atomic E-state index is -1.02. The summed E-state index contributed by atoms with van der Waals surface area (Å²) in [6, 6.07) is 1.74. The van der Waals surface area contributed by atoms with Gasteiger partial charge in [0.2, 0.25) is 5.91 Å². The number of halogens is 2. The van der Waals surface area contributed by atoms with Gasteiger partial charge in [-0.1, -0.05) is 12.8 Å². The minimum Gasteiger partial charge on any atom is -0.494 e. The first-order valence-electron chi connectivity index (χ1n) is 6.49. The molecular weight excluding hydrogens is 268 g/mol. The van der Waals surface area contributed by atoms with Crippen LogP contribution < -0.4 is 10.1 Å². The number of hydrogen-bond donors (Lipinski definition) is 2. The van der Waals surface area contributed by atoms with Gasteiger partial charge in [-0.3, -0.25) is 4.79 Å². The fraction of sp³-hybridized carbons (Fsp3) is 0.500. The summed E-state index contributed by atoms with van der Waals surface area (Å²) in [5, 5.41) is 12.4. The molecule has 1 saturated carbocycles. The Labute approximate surface area is 115 Å². The largest absolute Gasteiger partial charge is 0.494 e. The van der Waals surface area contributed by atoms with Gasteiger partial charge in [0.1, 0.15) is 0 Å². The number of ether oxygens (including phenoxy) is 1. The topological polar surface area (TPSA) is 58.6 Å². The summed E-state index contributed by atoms with van der Waals surface area (Å²) in [5.74, 6) is -2.30. The first-order valence-corrected chi connectivity index (χ1v) is 6.49. The molecule has 1 aliphatic rings. The van der Waals surface area contributed by atoms with Crippen LogP contribution in [0.3, 0.4) is 0 Å². The number of hydrogen-bond acceptors (Lipinski definition) is 3. The van der Waals surface area contributed by atoms with Gasteiger partial charge in [-0.25, -0.2) is 8.78 Å². The van der Waals surface area contributed by atoms with Gasteiger partial charge < -0.3 is 15.2 Å². The third kappa shape index (κ3) is 3.25. The van der Waals surface area contributed by atoms with Crippen LogP contribution in [-0.2, 0) is 4.79 Å². The molecule has 0 radical (unpaired) electrons. The van der Waals surface area contributed by atoms with E-state index in [4.69, 9.17) is 0 Å². The standard InChI is InChI=1S/C14H17F2NO3/c1-20-12-7-9(15)11(6-10(12)16)17-13(18)8-14(19)4-2-3-5-14/h6-7,19H,2-5,8H2,1H3,(H,17,18). The van der Waals surface area contributed by atoms with E-state index in [0.717, 1.165) is 25.0 Å². The second-order valence-corrected chi connectivity index (χ2v) is 5.12. The lowest BCUT2D eigenvalue weighted by Gasteiger charge is -2.21. The summed E-state index contributed by atoms with van der Waals surface area (Å²) in [6.07, 6.45) is 2.74. The quantitative estimate of drug-likeness (QED) is 0.894. The van der Waals surface area contributed by atoms with E-state index in [1.807, 2.05) is 0 Å². The third-order valence-electron chi connectivity index (χ3n) is 3.54. The molecule has 1 amide bonds. The summed E-state index contributed by atoms with van der Waals surface area (Å²) < 4.78 is 31.8. The van der Waals surface area contributed by atoms with Crippen LogP contribution in [0, 0.1) is 11.6 Å². The molecule has 4 nitrogen and oxygen atoms in total. The fourth-order valence-electron chi connectivity index (χ4n) is 2.48. The highest BCUT2D eigenvalue weighted by Crippen LogP contribution is 2.33. The summed E-state index contributed by atoms with van der Waals surface area (Å²) in [5.41, 5.74) is -1.28. The van der Waals surface area contributed by atoms with E-state index >= 15 is 0 Å². The van der Waals surface area contributed by atoms with Crippen LogP contribution in [0.5, 0.6) is 5.75 Å². The van der Waals surface area contributed by atoms with Crippen molar-refractivity contribution in [1.82, 2.24) is 0 Å². The van der Waals surface area contributed by atoms with Crippen molar-refractivity contribution in [3.63, 3.8) is 0 Å². The zero-order chi connectivity index (χ0) is 14.8. The smallest absolute Gasteiger partial charge is 0.227 e. The Hall–Kier alpha value is -1.69. The van der Waals surface area contributed by atoms with Gasteiger partial charge in [0.15, 0.2) is 17.4 Å². The van der Waals surface area contributed by atoms with Crippen LogP contribution in [0.1, 0.15) is 32.1 Å². The van der Waals surface area contributed by atoms with Gasteiger partial charge >= 0.3 is 0 Å². The molecule has 0 aromatic heterocycles. The highest BCUT2D eigenvalue weighted by atomic mass is 19.1. The van der Waals surface area contributed by atoms with Crippen LogP contribution in [0.15, 0.2) is 12.1 Å². The van der Waals surface area contributed by atoms with Crippen molar-refractivity contribution >= 4 is 11.6 Å². The molecule has 1 aliphatic carbocycles. The molecule has 0 bridgehead atoms. The summed E-state index contributed by atoms with van der Waals surface area (Å²) in [6.45, 7) is 0. The second-order valence-electron chi connectivity index (χ2n) is 5.12. The Balaban J connectivity index is 2.06. The van der Waals surface area contributed by atoms with Crippen molar-refractivity contribution in [2.45, 2.75) is 37.7 Å². The van der Waals surface area contributed by atoms with Crippen molar-refractivity contribution in [3.05, 3.63) is 23.8 Å². The Morgan fingerprint density at radius 1 is 1.35 bits per heavy atom. The number of carbonyl (C=O) groups excluding carboxylic acids is 1. The number of nitrogens with one attached hydrogen (secondary N) is 1. The van der Waals surface area contributed by atoms with Crippen molar-refractivity contribution in [3.8, 4) is 5.75 Å². The molecule has 110 valence electrons. The predicted molar refractivity (Wildman–Crippen MR) is 69.6 cm³/mol. The number of anilines is 1. The van der Waals surface area contributed by atoms with Gasteiger partial charge in [-0.05, 0) is 12.8 Å². The molecule has 0 spiro atoms. The van der Waals surface area contributed by atoms with E-state index < -0.39 is 23.1 Å². The number of carbonyl (C=O) groups is 1. The molecule has 2 rings (SSSR count). The highest BCUT2D eigenvalue weighted by Gasteiger charge is 2.33. The van der Waals surface area contributed by atoms with E-state index in [9.17, 15) is 18.7 Å². The summed E-state index contributed by atoms with van der Waals surface area (Å²) in [7, 11) is 1.23. The van der Waals surface area contributed by atoms with Crippen LogP contribution in [0.25, 0.3) is 0 Å². The number of rotatable bonds is 4. The van der Waals surface area contributed by atoms with E-state index in [2.05, 4.69) is 10.1 Å². The molecule has 1 fully saturated rings. The number of aliphatic hydroxyl groups is 1. The molecule has 0 unspecified atom stereocenters. The van der Waals surface area contributed by atoms with E-state index in [0.29, 0.717) is 12.8 Å². The van der Waals surface area contributed by atoms with Crippen molar-refractivity contribution < 1.29 is 23.4 Å². The molecule has 2 N–H and O–H groups in total. The van der Waals surface area contributed by atoms with Gasteiger partial charge in [0.05, 0.1) is 24.8 Å². The van der Waals surface area contributed by atoms with Crippen LogP contribution in [-0.4, -0.2) is 23.7 Å². The predicted octanol–water partition coefficient (Wildman–Crippen LogP) is 2.61. The van der Waals surface area contributed by atoms with Crippen molar-refractivity contribution in [1.29, 1.82) is 0 Å². The molecule has 0 atom stereocenters. The lowest BCUT2D eigenvalue weighted by molar-refractivity contribution is -0.120. The van der Waals surface area contributed by atoms with Crippen LogP contribution in [0.4, 0.5) is 14.5 Å². The Morgan fingerprint density at radius 2 is 2.00 bits per heavy atom. The third-order valence-corrected chi connectivity index (χ3v) is 3.54. The molecular formula is C14H17F2NO3. The minimum absolute atomic E-state index is 0.111. The molecule has 6 heteroatoms. The summed E-state index contributed by atoms with van der Waals surface area (Å²) >= 11 is 0. The van der Waals surface area contributed by atoms with E-state index in [1.54, 1.807) is 0 Å². The lowest BCUT2D eigenvalue weighted by Crippen LogP contribution is -2.31. The monoisotopic (exact) mass is 285 g/mol. The average Bonchev–Trinajstić information content (AvgIpc) is 2.79. The summed E-state index contributed by atoms with van der Waals surface area (Å²) in [4.78, 5) is 11.8. The van der Waals surface area contributed by atoms with Gasteiger partial charge in [0.25, 0.3) is 0 Å². The first kappa shape index (κ1) is 14.7. The average molecular weight is 285 g/mol. The SMILES string of the molecule is COc1cc(F)c(NC(=O)CC2(O)CCCC2)cc1F. The van der Waals surface area contributed by atoms with Gasteiger partial charge in [-0.15, -0.1) is 0 Å². The first-order chi connectivity index (χ1) is 9.43. The Kier molecular flexibility index (Phi) is 4.23. The molecule has 1 aromatic rings. The molecule has 0 saturated heterocycles. The van der Waals surface area contributed by atoms with Crippen molar-refractivity contribution in [2.75, 3.05) is 12.4 Å². The van der Waals surface area contributed by atoms with E-state index in [1.165, 1.54) is 7.11 Å².